The van der Waals surface area contributed by atoms with E-state index >= 15 is 0 Å². The SMILES string of the molecule is O=C1C=CC(=O)N1O.O=C1NC(=O)c2ncccc21. The first-order valence-corrected chi connectivity index (χ1v) is 5.06. The van der Waals surface area contributed by atoms with Gasteiger partial charge in [-0.05, 0) is 12.1 Å². The molecule has 4 amide bonds. The molecule has 8 nitrogen and oxygen atoms in total. The van der Waals surface area contributed by atoms with E-state index in [1.807, 2.05) is 0 Å². The summed E-state index contributed by atoms with van der Waals surface area (Å²) in [6.45, 7) is 0. The van der Waals surface area contributed by atoms with Crippen molar-refractivity contribution >= 4 is 23.6 Å². The average Bonchev–Trinajstić information content (AvgIpc) is 2.86. The van der Waals surface area contributed by atoms with E-state index in [9.17, 15) is 19.2 Å². The van der Waals surface area contributed by atoms with Crippen molar-refractivity contribution in [1.29, 1.82) is 0 Å². The molecule has 3 rings (SSSR count). The van der Waals surface area contributed by atoms with Crippen molar-refractivity contribution in [3.05, 3.63) is 41.7 Å². The zero-order valence-corrected chi connectivity index (χ0v) is 9.36. The van der Waals surface area contributed by atoms with Gasteiger partial charge in [0, 0.05) is 18.3 Å². The highest BCUT2D eigenvalue weighted by molar-refractivity contribution is 6.20. The van der Waals surface area contributed by atoms with Gasteiger partial charge in [-0.15, -0.1) is 5.06 Å². The molecule has 0 radical (unpaired) electrons. The van der Waals surface area contributed by atoms with Crippen LogP contribution in [0.2, 0.25) is 0 Å². The van der Waals surface area contributed by atoms with Gasteiger partial charge in [0.1, 0.15) is 5.69 Å². The van der Waals surface area contributed by atoms with Crippen molar-refractivity contribution in [2.45, 2.75) is 0 Å². The molecule has 1 aromatic heterocycles. The topological polar surface area (TPSA) is 117 Å². The molecule has 0 spiro atoms. The summed E-state index contributed by atoms with van der Waals surface area (Å²) in [7, 11) is 0. The van der Waals surface area contributed by atoms with Crippen molar-refractivity contribution in [2.24, 2.45) is 0 Å². The van der Waals surface area contributed by atoms with Gasteiger partial charge in [0.2, 0.25) is 0 Å². The number of rotatable bonds is 0. The standard InChI is InChI=1S/C7H4N2O2.C4H3NO3/c10-6-4-2-1-3-8-5(4)7(11)9-6;6-3-1-2-4(7)5(3)8/h1-3H,(H,9,10,11);1-2,8H. The summed E-state index contributed by atoms with van der Waals surface area (Å²) in [6.07, 6.45) is 3.49. The summed E-state index contributed by atoms with van der Waals surface area (Å²) in [5.74, 6) is -2.14. The smallest absolute Gasteiger partial charge is 0.277 e. The molecule has 2 aliphatic rings. The number of pyridine rings is 1. The van der Waals surface area contributed by atoms with E-state index in [-0.39, 0.29) is 16.7 Å². The third-order valence-corrected chi connectivity index (χ3v) is 2.28. The van der Waals surface area contributed by atoms with Crippen LogP contribution in [0.5, 0.6) is 0 Å². The normalized spacial score (nSPS) is 16.2. The van der Waals surface area contributed by atoms with Crippen LogP contribution >= 0.6 is 0 Å². The molecule has 0 bridgehead atoms. The van der Waals surface area contributed by atoms with E-state index in [2.05, 4.69) is 10.3 Å². The molecular formula is C11H7N3O5. The Morgan fingerprint density at radius 1 is 1.05 bits per heavy atom. The van der Waals surface area contributed by atoms with Gasteiger partial charge in [-0.3, -0.25) is 34.7 Å². The van der Waals surface area contributed by atoms with E-state index in [1.54, 1.807) is 12.1 Å². The largest absolute Gasteiger partial charge is 0.287 e. The lowest BCUT2D eigenvalue weighted by atomic mass is 10.2. The molecule has 19 heavy (non-hydrogen) atoms. The minimum Gasteiger partial charge on any atom is -0.287 e. The van der Waals surface area contributed by atoms with E-state index in [1.165, 1.54) is 6.20 Å². The third-order valence-electron chi connectivity index (χ3n) is 2.28. The molecular weight excluding hydrogens is 254 g/mol. The zero-order chi connectivity index (χ0) is 14.0. The lowest BCUT2D eigenvalue weighted by molar-refractivity contribution is -0.169. The summed E-state index contributed by atoms with van der Waals surface area (Å²) in [5.41, 5.74) is 0.579. The van der Waals surface area contributed by atoms with Crippen LogP contribution in [0.25, 0.3) is 0 Å². The highest BCUT2D eigenvalue weighted by Gasteiger charge is 2.26. The number of hydrogen-bond donors (Lipinski definition) is 2. The monoisotopic (exact) mass is 261 g/mol. The molecule has 1 aromatic rings. The fourth-order valence-electron chi connectivity index (χ4n) is 1.39. The van der Waals surface area contributed by atoms with Crippen molar-refractivity contribution in [3.8, 4) is 0 Å². The van der Waals surface area contributed by atoms with Crippen LogP contribution in [0, 0.1) is 0 Å². The van der Waals surface area contributed by atoms with Gasteiger partial charge in [0.25, 0.3) is 23.6 Å². The van der Waals surface area contributed by atoms with Gasteiger partial charge in [-0.1, -0.05) is 0 Å². The van der Waals surface area contributed by atoms with Gasteiger partial charge >= 0.3 is 0 Å². The summed E-state index contributed by atoms with van der Waals surface area (Å²) in [6, 6.07) is 3.19. The number of nitrogens with zero attached hydrogens (tertiary/aromatic N) is 2. The van der Waals surface area contributed by atoms with Crippen LogP contribution in [0.3, 0.4) is 0 Å². The second-order valence-electron chi connectivity index (χ2n) is 3.50. The number of imide groups is 2. The zero-order valence-electron chi connectivity index (χ0n) is 9.36. The molecule has 96 valence electrons. The first-order valence-electron chi connectivity index (χ1n) is 5.06. The second kappa shape index (κ2) is 4.78. The Kier molecular flexibility index (Phi) is 3.17. The van der Waals surface area contributed by atoms with Crippen molar-refractivity contribution in [3.63, 3.8) is 0 Å². The summed E-state index contributed by atoms with van der Waals surface area (Å²) in [4.78, 5) is 45.8. The quantitative estimate of drug-likeness (QED) is 0.469. The number of aromatic nitrogens is 1. The minimum absolute atomic E-state index is 0.0556. The van der Waals surface area contributed by atoms with Crippen molar-refractivity contribution < 1.29 is 24.4 Å². The van der Waals surface area contributed by atoms with E-state index in [0.29, 0.717) is 5.56 Å². The van der Waals surface area contributed by atoms with Crippen molar-refractivity contribution in [2.75, 3.05) is 0 Å². The number of carbonyl (C=O) groups is 4. The third kappa shape index (κ3) is 2.38. The van der Waals surface area contributed by atoms with Gasteiger partial charge in [-0.25, -0.2) is 0 Å². The van der Waals surface area contributed by atoms with Gasteiger partial charge < -0.3 is 0 Å². The van der Waals surface area contributed by atoms with E-state index in [0.717, 1.165) is 12.2 Å². The Bertz CT molecular complexity index is 572. The summed E-state index contributed by atoms with van der Waals surface area (Å²) in [5, 5.41) is 10.5. The highest BCUT2D eigenvalue weighted by atomic mass is 16.5. The predicted molar refractivity (Wildman–Crippen MR) is 58.8 cm³/mol. The molecule has 2 N–H and O–H groups in total. The molecule has 0 fully saturated rings. The summed E-state index contributed by atoms with van der Waals surface area (Å²) < 4.78 is 0. The highest BCUT2D eigenvalue weighted by Crippen LogP contribution is 2.10. The first-order chi connectivity index (χ1) is 9.00. The lowest BCUT2D eigenvalue weighted by Gasteiger charge is -1.98. The second-order valence-corrected chi connectivity index (χ2v) is 3.50. The maximum Gasteiger partial charge on any atom is 0.277 e. The number of fused-ring (bicyclic) bond motifs is 1. The first kappa shape index (κ1) is 12.6. The molecule has 0 saturated heterocycles. The number of hydroxylamine groups is 2. The molecule has 0 aliphatic carbocycles. The van der Waals surface area contributed by atoms with Crippen molar-refractivity contribution in [1.82, 2.24) is 15.4 Å². The number of nitrogens with one attached hydrogen (secondary N) is 1. The molecule has 0 unspecified atom stereocenters. The van der Waals surface area contributed by atoms with Crippen LogP contribution < -0.4 is 5.32 Å². The van der Waals surface area contributed by atoms with Crippen LogP contribution in [0.4, 0.5) is 0 Å². The molecule has 0 saturated carbocycles. The molecule has 2 aliphatic heterocycles. The molecule has 0 atom stereocenters. The van der Waals surface area contributed by atoms with Crippen LogP contribution in [0.15, 0.2) is 30.5 Å². The maximum absolute atomic E-state index is 10.9. The van der Waals surface area contributed by atoms with E-state index in [4.69, 9.17) is 5.21 Å². The Morgan fingerprint density at radius 3 is 2.16 bits per heavy atom. The van der Waals surface area contributed by atoms with E-state index < -0.39 is 17.7 Å². The number of hydrogen-bond acceptors (Lipinski definition) is 6. The minimum atomic E-state index is -0.685. The fraction of sp³-hybridized carbons (Fsp3) is 0. The lowest BCUT2D eigenvalue weighted by Crippen LogP contribution is -2.25. The van der Waals surface area contributed by atoms with Gasteiger partial charge in [0.15, 0.2) is 0 Å². The fourth-order valence-corrected chi connectivity index (χ4v) is 1.39. The molecule has 8 heteroatoms. The number of amides is 4. The predicted octanol–water partition coefficient (Wildman–Crippen LogP) is -0.734. The van der Waals surface area contributed by atoms with Crippen LogP contribution in [-0.4, -0.2) is 38.9 Å². The maximum atomic E-state index is 10.9. The van der Waals surface area contributed by atoms with Crippen LogP contribution in [0.1, 0.15) is 20.8 Å². The molecule has 3 heterocycles. The Hall–Kier alpha value is -2.87. The Morgan fingerprint density at radius 2 is 1.68 bits per heavy atom. The average molecular weight is 261 g/mol. The Balaban J connectivity index is 0.000000148. The Labute approximate surface area is 106 Å². The van der Waals surface area contributed by atoms with Gasteiger partial charge in [-0.2, -0.15) is 0 Å². The van der Waals surface area contributed by atoms with Gasteiger partial charge in [0.05, 0.1) is 5.56 Å². The summed E-state index contributed by atoms with van der Waals surface area (Å²) >= 11 is 0. The van der Waals surface area contributed by atoms with Crippen LogP contribution in [-0.2, 0) is 9.59 Å². The molecule has 0 aromatic carbocycles. The number of carbonyl (C=O) groups excluding carboxylic acids is 4.